The molecule has 0 atom stereocenters. The molecule has 2 rings (SSSR count). The zero-order chi connectivity index (χ0) is 14.9. The molecule has 2 aromatic rings. The standard InChI is InChI=1S/C18H28N2/c1-11(2)7-15-13(5)9-19-17(15)18-16(8-12(3)4)14(6)10-20-18/h9-12,19-20H,7-8H2,1-6H3. The number of aromatic amines is 2. The number of aryl methyl sites for hydroxylation is 2. The Morgan fingerprint density at radius 2 is 1.10 bits per heavy atom. The van der Waals surface area contributed by atoms with Gasteiger partial charge in [0.15, 0.2) is 0 Å². The molecule has 0 fully saturated rings. The van der Waals surface area contributed by atoms with Gasteiger partial charge in [0.1, 0.15) is 0 Å². The van der Waals surface area contributed by atoms with Crippen LogP contribution in [0.3, 0.4) is 0 Å². The van der Waals surface area contributed by atoms with Crippen LogP contribution < -0.4 is 0 Å². The molecule has 0 spiro atoms. The molecular weight excluding hydrogens is 244 g/mol. The summed E-state index contributed by atoms with van der Waals surface area (Å²) in [7, 11) is 0. The van der Waals surface area contributed by atoms with E-state index in [2.05, 4.69) is 63.9 Å². The van der Waals surface area contributed by atoms with Gasteiger partial charge in [-0.05, 0) is 60.8 Å². The molecule has 0 aromatic carbocycles. The summed E-state index contributed by atoms with van der Waals surface area (Å²) in [4.78, 5) is 6.98. The summed E-state index contributed by atoms with van der Waals surface area (Å²) in [6.45, 7) is 13.5. The third-order valence-electron chi connectivity index (χ3n) is 3.90. The van der Waals surface area contributed by atoms with Gasteiger partial charge in [0.2, 0.25) is 0 Å². The van der Waals surface area contributed by atoms with Crippen molar-refractivity contribution in [3.05, 3.63) is 34.6 Å². The fraction of sp³-hybridized carbons (Fsp3) is 0.556. The molecule has 2 heteroatoms. The van der Waals surface area contributed by atoms with Crippen LogP contribution >= 0.6 is 0 Å². The summed E-state index contributed by atoms with van der Waals surface area (Å²) in [5.74, 6) is 1.35. The van der Waals surface area contributed by atoms with Gasteiger partial charge >= 0.3 is 0 Å². The Bertz CT molecular complexity index is 518. The normalized spacial score (nSPS) is 11.8. The van der Waals surface area contributed by atoms with E-state index in [9.17, 15) is 0 Å². The second-order valence-electron chi connectivity index (χ2n) is 6.85. The molecule has 0 amide bonds. The minimum atomic E-state index is 0.674. The molecule has 2 N–H and O–H groups in total. The van der Waals surface area contributed by atoms with Crippen molar-refractivity contribution in [1.82, 2.24) is 9.97 Å². The molecular formula is C18H28N2. The first-order valence-corrected chi connectivity index (χ1v) is 7.74. The molecule has 0 unspecified atom stereocenters. The van der Waals surface area contributed by atoms with Crippen molar-refractivity contribution in [3.63, 3.8) is 0 Å². The van der Waals surface area contributed by atoms with E-state index in [1.54, 1.807) is 0 Å². The summed E-state index contributed by atoms with van der Waals surface area (Å²) < 4.78 is 0. The van der Waals surface area contributed by atoms with Gasteiger partial charge in [-0.25, -0.2) is 0 Å². The highest BCUT2D eigenvalue weighted by molar-refractivity contribution is 5.67. The van der Waals surface area contributed by atoms with Gasteiger partial charge in [-0.2, -0.15) is 0 Å². The first-order chi connectivity index (χ1) is 9.40. The topological polar surface area (TPSA) is 31.6 Å². The molecule has 20 heavy (non-hydrogen) atoms. The molecule has 2 nitrogen and oxygen atoms in total. The Hall–Kier alpha value is -1.44. The monoisotopic (exact) mass is 272 g/mol. The third-order valence-corrected chi connectivity index (χ3v) is 3.90. The average molecular weight is 272 g/mol. The first-order valence-electron chi connectivity index (χ1n) is 7.74. The molecule has 2 heterocycles. The fourth-order valence-electron chi connectivity index (χ4n) is 2.89. The predicted molar refractivity (Wildman–Crippen MR) is 87.1 cm³/mol. The number of hydrogen-bond acceptors (Lipinski definition) is 0. The van der Waals surface area contributed by atoms with Gasteiger partial charge in [-0.1, -0.05) is 27.7 Å². The molecule has 0 bridgehead atoms. The predicted octanol–water partition coefficient (Wildman–Crippen LogP) is 5.02. The average Bonchev–Trinajstić information content (AvgIpc) is 2.85. The molecule has 110 valence electrons. The lowest BCUT2D eigenvalue weighted by atomic mass is 9.94. The van der Waals surface area contributed by atoms with E-state index >= 15 is 0 Å². The van der Waals surface area contributed by atoms with Crippen molar-refractivity contribution in [1.29, 1.82) is 0 Å². The minimum absolute atomic E-state index is 0.674. The Morgan fingerprint density at radius 3 is 1.40 bits per heavy atom. The van der Waals surface area contributed by atoms with Crippen LogP contribution in [0.5, 0.6) is 0 Å². The van der Waals surface area contributed by atoms with Crippen LogP contribution in [-0.2, 0) is 12.8 Å². The summed E-state index contributed by atoms with van der Waals surface area (Å²) in [6.07, 6.45) is 6.54. The van der Waals surface area contributed by atoms with E-state index in [4.69, 9.17) is 0 Å². The zero-order valence-electron chi connectivity index (χ0n) is 13.7. The maximum atomic E-state index is 3.49. The maximum absolute atomic E-state index is 3.49. The van der Waals surface area contributed by atoms with Crippen molar-refractivity contribution in [2.45, 2.75) is 54.4 Å². The van der Waals surface area contributed by atoms with Gasteiger partial charge in [-0.3, -0.25) is 0 Å². The summed E-state index contributed by atoms with van der Waals surface area (Å²) >= 11 is 0. The lowest BCUT2D eigenvalue weighted by Crippen LogP contribution is -2.00. The minimum Gasteiger partial charge on any atom is -0.359 e. The van der Waals surface area contributed by atoms with E-state index in [0.717, 1.165) is 12.8 Å². The number of H-pyrrole nitrogens is 2. The Labute approximate surface area is 123 Å². The molecule has 0 radical (unpaired) electrons. The van der Waals surface area contributed by atoms with Crippen molar-refractivity contribution < 1.29 is 0 Å². The van der Waals surface area contributed by atoms with E-state index < -0.39 is 0 Å². The second-order valence-corrected chi connectivity index (χ2v) is 6.85. The highest BCUT2D eigenvalue weighted by Gasteiger charge is 2.17. The molecule has 0 aliphatic heterocycles. The number of rotatable bonds is 5. The zero-order valence-corrected chi connectivity index (χ0v) is 13.7. The van der Waals surface area contributed by atoms with E-state index in [0.29, 0.717) is 11.8 Å². The van der Waals surface area contributed by atoms with Crippen LogP contribution in [0, 0.1) is 25.7 Å². The third kappa shape index (κ3) is 3.00. The highest BCUT2D eigenvalue weighted by atomic mass is 14.8. The van der Waals surface area contributed by atoms with Gasteiger partial charge < -0.3 is 9.97 Å². The Balaban J connectivity index is 2.47. The lowest BCUT2D eigenvalue weighted by Gasteiger charge is -2.11. The van der Waals surface area contributed by atoms with Crippen molar-refractivity contribution in [2.24, 2.45) is 11.8 Å². The number of aromatic nitrogens is 2. The summed E-state index contributed by atoms with van der Waals surface area (Å²) in [5.41, 5.74) is 8.26. The van der Waals surface area contributed by atoms with Gasteiger partial charge in [0.25, 0.3) is 0 Å². The Kier molecular flexibility index (Phi) is 4.42. The highest BCUT2D eigenvalue weighted by Crippen LogP contribution is 2.31. The number of nitrogens with one attached hydrogen (secondary N) is 2. The van der Waals surface area contributed by atoms with Crippen LogP contribution in [0.1, 0.15) is 49.9 Å². The second kappa shape index (κ2) is 5.90. The fourth-order valence-corrected chi connectivity index (χ4v) is 2.89. The van der Waals surface area contributed by atoms with Gasteiger partial charge in [-0.15, -0.1) is 0 Å². The molecule has 2 aromatic heterocycles. The molecule has 0 saturated carbocycles. The smallest absolute Gasteiger partial charge is 0.0657 e. The van der Waals surface area contributed by atoms with E-state index in [1.165, 1.54) is 33.6 Å². The maximum Gasteiger partial charge on any atom is 0.0657 e. The van der Waals surface area contributed by atoms with Crippen molar-refractivity contribution in [2.75, 3.05) is 0 Å². The van der Waals surface area contributed by atoms with E-state index in [-0.39, 0.29) is 0 Å². The van der Waals surface area contributed by atoms with Crippen LogP contribution in [0.4, 0.5) is 0 Å². The largest absolute Gasteiger partial charge is 0.359 e. The van der Waals surface area contributed by atoms with Crippen LogP contribution in [0.15, 0.2) is 12.4 Å². The van der Waals surface area contributed by atoms with Gasteiger partial charge in [0, 0.05) is 12.4 Å². The van der Waals surface area contributed by atoms with Crippen molar-refractivity contribution >= 4 is 0 Å². The molecule has 0 aliphatic rings. The number of hydrogen-bond donors (Lipinski definition) is 2. The van der Waals surface area contributed by atoms with Crippen LogP contribution in [-0.4, -0.2) is 9.97 Å². The quantitative estimate of drug-likeness (QED) is 0.765. The van der Waals surface area contributed by atoms with Crippen LogP contribution in [0.2, 0.25) is 0 Å². The van der Waals surface area contributed by atoms with Crippen LogP contribution in [0.25, 0.3) is 11.4 Å². The SMILES string of the molecule is Cc1c[nH]c(-c2[nH]cc(C)c2CC(C)C)c1CC(C)C. The lowest BCUT2D eigenvalue weighted by molar-refractivity contribution is 0.642. The van der Waals surface area contributed by atoms with Gasteiger partial charge in [0.05, 0.1) is 11.4 Å². The summed E-state index contributed by atoms with van der Waals surface area (Å²) in [5, 5.41) is 0. The van der Waals surface area contributed by atoms with E-state index in [1.807, 2.05) is 0 Å². The Morgan fingerprint density at radius 1 is 0.750 bits per heavy atom. The molecule has 0 saturated heterocycles. The summed E-state index contributed by atoms with van der Waals surface area (Å²) in [6, 6.07) is 0. The van der Waals surface area contributed by atoms with Crippen molar-refractivity contribution in [3.8, 4) is 11.4 Å². The first kappa shape index (κ1) is 15.0. The molecule has 0 aliphatic carbocycles.